The highest BCUT2D eigenvalue weighted by atomic mass is 31.2. The lowest BCUT2D eigenvalue weighted by Gasteiger charge is -2.21. The third-order valence-corrected chi connectivity index (χ3v) is 17.5. The summed E-state index contributed by atoms with van der Waals surface area (Å²) in [4.78, 5) is 72.8. The van der Waals surface area contributed by atoms with Gasteiger partial charge in [0.05, 0.1) is 26.4 Å². The molecule has 0 fully saturated rings. The van der Waals surface area contributed by atoms with Gasteiger partial charge in [0.1, 0.15) is 19.3 Å². The second kappa shape index (κ2) is 72.5. The molecule has 17 nitrogen and oxygen atoms in total. The summed E-state index contributed by atoms with van der Waals surface area (Å²) in [5.41, 5.74) is 0. The van der Waals surface area contributed by atoms with Crippen LogP contribution < -0.4 is 0 Å². The van der Waals surface area contributed by atoms with Crippen LogP contribution in [0.1, 0.15) is 297 Å². The van der Waals surface area contributed by atoms with E-state index in [-0.39, 0.29) is 25.7 Å². The molecule has 5 unspecified atom stereocenters. The van der Waals surface area contributed by atoms with Crippen LogP contribution in [0.5, 0.6) is 0 Å². The highest BCUT2D eigenvalue weighted by Crippen LogP contribution is 2.45. The summed E-state index contributed by atoms with van der Waals surface area (Å²) in [5, 5.41) is 10.6. The van der Waals surface area contributed by atoms with Gasteiger partial charge in [0.15, 0.2) is 12.2 Å². The number of unbranched alkanes of at least 4 members (excludes halogenated alkanes) is 23. The number of phosphoric acid groups is 2. The molecular weight excluding hydrogens is 1310 g/mol. The molecule has 0 aliphatic heterocycles. The van der Waals surface area contributed by atoms with Crippen molar-refractivity contribution in [3.05, 3.63) is 134 Å². The summed E-state index contributed by atoms with van der Waals surface area (Å²) in [7, 11) is -9.98. The van der Waals surface area contributed by atoms with Crippen molar-refractivity contribution in [2.75, 3.05) is 39.6 Å². The standard InChI is InChI=1S/C81H136O17P2/c1-5-9-13-17-21-25-29-32-34-36-37-39-40-43-47-50-54-58-62-66-79(84)92-72-77(98-81(86)68-64-60-56-52-48-44-41-38-35-33-30-26-22-18-14-10-6-2)74-96-100(89,90)94-70-75(82)69-93-99(87,88)95-73-76(97-80(85)67-63-59-55-51-45-28-24-20-16-12-8-4)71-91-78(83)65-61-57-53-49-46-42-31-27-23-19-15-11-7-3/h9-10,13-14,21-22,25-27,31-35,37,39,41,43-44,47,54,58,75-77,82H,5-8,11-12,15-20,23-24,28-30,36,38,40,42,45-46,48-53,55-57,59-74H2,1-4H3,(H,87,88)(H,89,90)/b13-9-,14-10-,25-21-,26-22-,31-27-,34-32-,35-33-,39-37-,44-41-,47-43-,58-54-. The van der Waals surface area contributed by atoms with E-state index in [2.05, 4.69) is 143 Å². The predicted molar refractivity (Wildman–Crippen MR) is 408 cm³/mol. The molecule has 0 aromatic heterocycles. The van der Waals surface area contributed by atoms with Crippen molar-refractivity contribution < 1.29 is 80.2 Å². The Morgan fingerprint density at radius 2 is 0.540 bits per heavy atom. The number of hydrogen-bond donors (Lipinski definition) is 3. The SMILES string of the molecule is CC/C=C\C/C=C\C/C=C\C/C=C\C/C=C\C/C=C\CCC(=O)OCC(COP(=O)(O)OCC(O)COP(=O)(O)OCC(COC(=O)CCCCCCC/C=C\CCCCCC)OC(=O)CCCCCCCCCCCCC)OC(=O)CCCCCC/C=C\C/C=C\C/C=C\C/C=C\CC. The number of aliphatic hydroxyl groups is 1. The number of carbonyl (C=O) groups is 4. The van der Waals surface area contributed by atoms with Crippen LogP contribution in [0.15, 0.2) is 134 Å². The zero-order valence-electron chi connectivity index (χ0n) is 62.3. The molecule has 0 amide bonds. The van der Waals surface area contributed by atoms with Gasteiger partial charge in [0.25, 0.3) is 0 Å². The number of rotatable bonds is 71. The van der Waals surface area contributed by atoms with Crippen LogP contribution in [-0.4, -0.2) is 96.7 Å². The van der Waals surface area contributed by atoms with Crippen LogP contribution >= 0.6 is 15.6 Å². The van der Waals surface area contributed by atoms with Crippen LogP contribution in [0.4, 0.5) is 0 Å². The summed E-state index contributed by atoms with van der Waals surface area (Å²) in [5.74, 6) is -2.31. The molecular formula is C81H136O17P2. The number of hydrogen-bond acceptors (Lipinski definition) is 15. The first kappa shape index (κ1) is 95.2. The topological polar surface area (TPSA) is 237 Å². The average Bonchev–Trinajstić information content (AvgIpc) is 0.930. The first-order chi connectivity index (χ1) is 48.7. The Balaban J connectivity index is 5.43. The first-order valence-corrected chi connectivity index (χ1v) is 41.4. The largest absolute Gasteiger partial charge is 0.472 e. The summed E-state index contributed by atoms with van der Waals surface area (Å²) in [6.45, 7) is 4.50. The lowest BCUT2D eigenvalue weighted by molar-refractivity contribution is -0.161. The molecule has 5 atom stereocenters. The average molecular weight is 1440 g/mol. The zero-order chi connectivity index (χ0) is 73.2. The van der Waals surface area contributed by atoms with Gasteiger partial charge < -0.3 is 33.8 Å². The van der Waals surface area contributed by atoms with Gasteiger partial charge in [-0.2, -0.15) is 0 Å². The smallest absolute Gasteiger partial charge is 0.462 e. The molecule has 0 rings (SSSR count). The molecule has 0 aliphatic carbocycles. The minimum atomic E-state index is -5.00. The second-order valence-corrected chi connectivity index (χ2v) is 28.1. The van der Waals surface area contributed by atoms with E-state index >= 15 is 0 Å². The van der Waals surface area contributed by atoms with Gasteiger partial charge in [0.2, 0.25) is 0 Å². The Bertz CT molecular complexity index is 2420. The van der Waals surface area contributed by atoms with Crippen LogP contribution in [0, 0.1) is 0 Å². The summed E-state index contributed by atoms with van der Waals surface area (Å²) in [6, 6.07) is 0. The highest BCUT2D eigenvalue weighted by molar-refractivity contribution is 7.47. The monoisotopic (exact) mass is 1440 g/mol. The number of ether oxygens (including phenoxy) is 4. The van der Waals surface area contributed by atoms with Crippen molar-refractivity contribution >= 4 is 39.5 Å². The molecule has 0 spiro atoms. The second-order valence-electron chi connectivity index (χ2n) is 25.2. The zero-order valence-corrected chi connectivity index (χ0v) is 64.1. The fraction of sp³-hybridized carbons (Fsp3) is 0.679. The minimum absolute atomic E-state index is 0.0271. The predicted octanol–water partition coefficient (Wildman–Crippen LogP) is 22.1. The van der Waals surface area contributed by atoms with Crippen molar-refractivity contribution in [2.45, 2.75) is 316 Å². The van der Waals surface area contributed by atoms with Gasteiger partial charge in [-0.1, -0.05) is 277 Å². The molecule has 3 N–H and O–H groups in total. The van der Waals surface area contributed by atoms with Crippen molar-refractivity contribution in [3.8, 4) is 0 Å². The summed E-state index contributed by atoms with van der Waals surface area (Å²) >= 11 is 0. The van der Waals surface area contributed by atoms with E-state index < -0.39 is 97.5 Å². The molecule has 0 saturated carbocycles. The number of aliphatic hydroxyl groups excluding tert-OH is 1. The van der Waals surface area contributed by atoms with Crippen molar-refractivity contribution in [1.29, 1.82) is 0 Å². The van der Waals surface area contributed by atoms with Crippen LogP contribution in [-0.2, 0) is 65.4 Å². The van der Waals surface area contributed by atoms with E-state index in [1.54, 1.807) is 0 Å². The molecule has 0 saturated heterocycles. The molecule has 19 heteroatoms. The molecule has 0 aromatic carbocycles. The van der Waals surface area contributed by atoms with Crippen molar-refractivity contribution in [3.63, 3.8) is 0 Å². The maximum absolute atomic E-state index is 13.1. The lowest BCUT2D eigenvalue weighted by Crippen LogP contribution is -2.30. The summed E-state index contributed by atoms with van der Waals surface area (Å²) < 4.78 is 68.3. The Labute approximate surface area is 605 Å². The molecule has 0 radical (unpaired) electrons. The Morgan fingerprint density at radius 3 is 0.880 bits per heavy atom. The third kappa shape index (κ3) is 71.6. The summed E-state index contributed by atoms with van der Waals surface area (Å²) in [6.07, 6.45) is 80.3. The fourth-order valence-electron chi connectivity index (χ4n) is 9.82. The van der Waals surface area contributed by atoms with E-state index in [1.165, 1.54) is 64.2 Å². The molecule has 0 aliphatic rings. The van der Waals surface area contributed by atoms with Gasteiger partial charge in [-0.15, -0.1) is 0 Å². The maximum atomic E-state index is 13.1. The Hall–Kier alpha value is -4.80. The van der Waals surface area contributed by atoms with Gasteiger partial charge in [-0.25, -0.2) is 9.13 Å². The fourth-order valence-corrected chi connectivity index (χ4v) is 11.4. The molecule has 0 aromatic rings. The van der Waals surface area contributed by atoms with Gasteiger partial charge in [-0.05, 0) is 128 Å². The van der Waals surface area contributed by atoms with Gasteiger partial charge >= 0.3 is 39.5 Å². The van der Waals surface area contributed by atoms with Crippen molar-refractivity contribution in [2.24, 2.45) is 0 Å². The first-order valence-electron chi connectivity index (χ1n) is 38.4. The van der Waals surface area contributed by atoms with E-state index in [0.29, 0.717) is 32.1 Å². The third-order valence-electron chi connectivity index (χ3n) is 15.6. The molecule has 0 bridgehead atoms. The minimum Gasteiger partial charge on any atom is -0.462 e. The van der Waals surface area contributed by atoms with Gasteiger partial charge in [-0.3, -0.25) is 37.3 Å². The van der Waals surface area contributed by atoms with E-state index in [4.69, 9.17) is 37.0 Å². The maximum Gasteiger partial charge on any atom is 0.472 e. The normalized spacial score (nSPS) is 14.7. The Kier molecular flexibility index (Phi) is 69.1. The van der Waals surface area contributed by atoms with Gasteiger partial charge in [0, 0.05) is 25.7 Å². The Morgan fingerprint density at radius 1 is 0.290 bits per heavy atom. The van der Waals surface area contributed by atoms with E-state index in [1.807, 2.05) is 18.2 Å². The highest BCUT2D eigenvalue weighted by Gasteiger charge is 2.30. The molecule has 572 valence electrons. The van der Waals surface area contributed by atoms with Crippen LogP contribution in [0.2, 0.25) is 0 Å². The van der Waals surface area contributed by atoms with Crippen molar-refractivity contribution in [1.82, 2.24) is 0 Å². The lowest BCUT2D eigenvalue weighted by atomic mass is 10.1. The quantitative estimate of drug-likeness (QED) is 0.0169. The molecule has 0 heterocycles. The number of esters is 4. The number of phosphoric ester groups is 2. The number of carbonyl (C=O) groups excluding carboxylic acids is 4. The van der Waals surface area contributed by atoms with E-state index in [9.17, 15) is 43.2 Å². The van der Waals surface area contributed by atoms with Crippen LogP contribution in [0.3, 0.4) is 0 Å². The molecule has 100 heavy (non-hydrogen) atoms. The van der Waals surface area contributed by atoms with E-state index in [0.717, 1.165) is 148 Å². The van der Waals surface area contributed by atoms with Crippen LogP contribution in [0.25, 0.3) is 0 Å². The number of allylic oxidation sites excluding steroid dienone is 22.